The van der Waals surface area contributed by atoms with Gasteiger partial charge < -0.3 is 10.1 Å². The van der Waals surface area contributed by atoms with Gasteiger partial charge in [-0.1, -0.05) is 53.2 Å². The lowest BCUT2D eigenvalue weighted by Gasteiger charge is -2.19. The third-order valence-electron chi connectivity index (χ3n) is 3.22. The predicted molar refractivity (Wildman–Crippen MR) is 86.6 cm³/mol. The highest BCUT2D eigenvalue weighted by Gasteiger charge is 2.12. The van der Waals surface area contributed by atoms with Crippen LogP contribution in [0.25, 0.3) is 0 Å². The van der Waals surface area contributed by atoms with Gasteiger partial charge in [0, 0.05) is 11.0 Å². The fourth-order valence-corrected chi connectivity index (χ4v) is 2.43. The van der Waals surface area contributed by atoms with Crippen molar-refractivity contribution in [2.45, 2.75) is 19.6 Å². The van der Waals surface area contributed by atoms with E-state index in [0.717, 1.165) is 22.1 Å². The number of halogens is 2. The Morgan fingerprint density at radius 3 is 2.52 bits per heavy atom. The van der Waals surface area contributed by atoms with Gasteiger partial charge in [-0.15, -0.1) is 0 Å². The maximum absolute atomic E-state index is 13.0. The first-order chi connectivity index (χ1) is 10.2. The second-order valence-corrected chi connectivity index (χ2v) is 5.60. The van der Waals surface area contributed by atoms with E-state index in [-0.39, 0.29) is 11.9 Å². The number of ether oxygens (including phenoxy) is 1. The van der Waals surface area contributed by atoms with Crippen LogP contribution in [0.2, 0.25) is 0 Å². The van der Waals surface area contributed by atoms with E-state index in [2.05, 4.69) is 28.2 Å². The molecule has 1 N–H and O–H groups in total. The van der Waals surface area contributed by atoms with Crippen molar-refractivity contribution in [2.75, 3.05) is 13.1 Å². The molecule has 0 aromatic heterocycles. The van der Waals surface area contributed by atoms with Crippen LogP contribution in [0.4, 0.5) is 4.39 Å². The van der Waals surface area contributed by atoms with Crippen LogP contribution < -0.4 is 5.32 Å². The van der Waals surface area contributed by atoms with Crippen LogP contribution in [0.5, 0.6) is 0 Å². The van der Waals surface area contributed by atoms with Crippen LogP contribution in [-0.2, 0) is 11.3 Å². The SMILES string of the molecule is CCNCC(OCc1ccccc1Br)c1ccc(F)cc1. The van der Waals surface area contributed by atoms with E-state index in [0.29, 0.717) is 13.2 Å². The van der Waals surface area contributed by atoms with Crippen LogP contribution in [0, 0.1) is 5.82 Å². The quantitative estimate of drug-likeness (QED) is 0.795. The van der Waals surface area contributed by atoms with Gasteiger partial charge in [-0.2, -0.15) is 0 Å². The Morgan fingerprint density at radius 1 is 1.14 bits per heavy atom. The summed E-state index contributed by atoms with van der Waals surface area (Å²) in [5, 5.41) is 3.28. The summed E-state index contributed by atoms with van der Waals surface area (Å²) in [4.78, 5) is 0. The zero-order valence-corrected chi connectivity index (χ0v) is 13.6. The zero-order chi connectivity index (χ0) is 15.1. The minimum atomic E-state index is -0.230. The molecule has 2 aromatic carbocycles. The molecule has 1 unspecified atom stereocenters. The Hall–Kier alpha value is -1.23. The van der Waals surface area contributed by atoms with E-state index >= 15 is 0 Å². The summed E-state index contributed by atoms with van der Waals surface area (Å²) in [5.74, 6) is -0.230. The summed E-state index contributed by atoms with van der Waals surface area (Å²) in [6, 6.07) is 14.5. The van der Waals surface area contributed by atoms with Crippen molar-refractivity contribution >= 4 is 15.9 Å². The Labute approximate surface area is 133 Å². The summed E-state index contributed by atoms with van der Waals surface area (Å²) < 4.78 is 20.1. The second kappa shape index (κ2) is 8.27. The molecule has 0 amide bonds. The number of hydrogen-bond acceptors (Lipinski definition) is 2. The predicted octanol–water partition coefficient (Wildman–Crippen LogP) is 4.46. The Morgan fingerprint density at radius 2 is 1.86 bits per heavy atom. The van der Waals surface area contributed by atoms with E-state index in [4.69, 9.17) is 4.74 Å². The van der Waals surface area contributed by atoms with Crippen molar-refractivity contribution < 1.29 is 9.13 Å². The molecule has 4 heteroatoms. The molecular weight excluding hydrogens is 333 g/mol. The van der Waals surface area contributed by atoms with Crippen molar-refractivity contribution in [3.8, 4) is 0 Å². The minimum absolute atomic E-state index is 0.0994. The average molecular weight is 352 g/mol. The highest BCUT2D eigenvalue weighted by atomic mass is 79.9. The molecule has 0 radical (unpaired) electrons. The molecule has 0 bridgehead atoms. The molecular formula is C17H19BrFNO. The Kier molecular flexibility index (Phi) is 6.36. The second-order valence-electron chi connectivity index (χ2n) is 4.75. The number of hydrogen-bond donors (Lipinski definition) is 1. The first kappa shape index (κ1) is 16.1. The Balaban J connectivity index is 2.06. The molecule has 0 saturated carbocycles. The lowest BCUT2D eigenvalue weighted by atomic mass is 10.1. The molecule has 2 nitrogen and oxygen atoms in total. The molecule has 112 valence electrons. The molecule has 2 rings (SSSR count). The van der Waals surface area contributed by atoms with E-state index in [1.165, 1.54) is 12.1 Å². The molecule has 0 heterocycles. The number of likely N-dealkylation sites (N-methyl/N-ethyl adjacent to an activating group) is 1. The van der Waals surface area contributed by atoms with Crippen LogP contribution in [0.15, 0.2) is 53.0 Å². The van der Waals surface area contributed by atoms with E-state index in [1.54, 1.807) is 12.1 Å². The summed E-state index contributed by atoms with van der Waals surface area (Å²) >= 11 is 3.52. The minimum Gasteiger partial charge on any atom is -0.367 e. The van der Waals surface area contributed by atoms with Crippen LogP contribution in [-0.4, -0.2) is 13.1 Å². The van der Waals surface area contributed by atoms with Crippen LogP contribution in [0.1, 0.15) is 24.2 Å². The normalized spacial score (nSPS) is 12.3. The summed E-state index contributed by atoms with van der Waals surface area (Å²) in [6.45, 7) is 4.13. The average Bonchev–Trinajstić information content (AvgIpc) is 2.50. The number of benzene rings is 2. The van der Waals surface area contributed by atoms with Crippen molar-refractivity contribution in [2.24, 2.45) is 0 Å². The molecule has 0 aliphatic carbocycles. The molecule has 0 fully saturated rings. The van der Waals surface area contributed by atoms with Gasteiger partial charge in [0.1, 0.15) is 5.82 Å². The maximum atomic E-state index is 13.0. The molecule has 0 aliphatic rings. The highest BCUT2D eigenvalue weighted by molar-refractivity contribution is 9.10. The fraction of sp³-hybridized carbons (Fsp3) is 0.294. The topological polar surface area (TPSA) is 21.3 Å². The lowest BCUT2D eigenvalue weighted by molar-refractivity contribution is 0.0398. The summed E-state index contributed by atoms with van der Waals surface area (Å²) in [7, 11) is 0. The van der Waals surface area contributed by atoms with Crippen molar-refractivity contribution in [3.05, 3.63) is 69.9 Å². The largest absolute Gasteiger partial charge is 0.367 e. The number of rotatable bonds is 7. The van der Waals surface area contributed by atoms with Gasteiger partial charge in [0.2, 0.25) is 0 Å². The van der Waals surface area contributed by atoms with Gasteiger partial charge in [0.05, 0.1) is 12.7 Å². The van der Waals surface area contributed by atoms with Crippen molar-refractivity contribution in [1.82, 2.24) is 5.32 Å². The van der Waals surface area contributed by atoms with Crippen molar-refractivity contribution in [3.63, 3.8) is 0 Å². The molecule has 0 saturated heterocycles. The summed E-state index contributed by atoms with van der Waals surface area (Å²) in [6.07, 6.45) is -0.0994. The van der Waals surface area contributed by atoms with Crippen molar-refractivity contribution in [1.29, 1.82) is 0 Å². The van der Waals surface area contributed by atoms with E-state index in [1.807, 2.05) is 24.3 Å². The third kappa shape index (κ3) is 4.92. The fourth-order valence-electron chi connectivity index (χ4n) is 2.03. The Bertz CT molecular complexity index is 559. The van der Waals surface area contributed by atoms with Gasteiger partial charge in [-0.25, -0.2) is 4.39 Å². The van der Waals surface area contributed by atoms with E-state index < -0.39 is 0 Å². The first-order valence-corrected chi connectivity index (χ1v) is 7.81. The third-order valence-corrected chi connectivity index (χ3v) is 3.99. The zero-order valence-electron chi connectivity index (χ0n) is 12.0. The van der Waals surface area contributed by atoms with Crippen LogP contribution in [0.3, 0.4) is 0 Å². The smallest absolute Gasteiger partial charge is 0.123 e. The van der Waals surface area contributed by atoms with Gasteiger partial charge in [-0.05, 0) is 35.9 Å². The summed E-state index contributed by atoms with van der Waals surface area (Å²) in [5.41, 5.74) is 2.07. The van der Waals surface area contributed by atoms with E-state index in [9.17, 15) is 4.39 Å². The van der Waals surface area contributed by atoms with Crippen LogP contribution >= 0.6 is 15.9 Å². The molecule has 0 spiro atoms. The number of nitrogens with one attached hydrogen (secondary N) is 1. The standard InChI is InChI=1S/C17H19BrFNO/c1-2-20-11-17(13-7-9-15(19)10-8-13)21-12-14-5-3-4-6-16(14)18/h3-10,17,20H,2,11-12H2,1H3. The van der Waals surface area contributed by atoms with Gasteiger partial charge >= 0.3 is 0 Å². The van der Waals surface area contributed by atoms with Gasteiger partial charge in [0.15, 0.2) is 0 Å². The molecule has 21 heavy (non-hydrogen) atoms. The first-order valence-electron chi connectivity index (χ1n) is 7.02. The van der Waals surface area contributed by atoms with Gasteiger partial charge in [0.25, 0.3) is 0 Å². The lowest BCUT2D eigenvalue weighted by Crippen LogP contribution is -2.23. The van der Waals surface area contributed by atoms with Gasteiger partial charge in [-0.3, -0.25) is 0 Å². The monoisotopic (exact) mass is 351 g/mol. The molecule has 2 aromatic rings. The highest BCUT2D eigenvalue weighted by Crippen LogP contribution is 2.22. The molecule has 0 aliphatic heterocycles. The maximum Gasteiger partial charge on any atom is 0.123 e. The molecule has 1 atom stereocenters.